The van der Waals surface area contributed by atoms with Gasteiger partial charge in [-0.1, -0.05) is 63.5 Å². The highest BCUT2D eigenvalue weighted by Crippen LogP contribution is 2.34. The third kappa shape index (κ3) is 5.29. The molecule has 0 aliphatic rings. The van der Waals surface area contributed by atoms with Crippen LogP contribution in [-0.4, -0.2) is 18.6 Å². The van der Waals surface area contributed by atoms with Crippen LogP contribution < -0.4 is 10.1 Å². The highest BCUT2D eigenvalue weighted by atomic mass is 35.5. The molecule has 0 saturated carbocycles. The topological polar surface area (TPSA) is 34.2 Å². The van der Waals surface area contributed by atoms with Crippen molar-refractivity contribution in [3.05, 3.63) is 41.4 Å². The number of nitrogens with one attached hydrogen (secondary N) is 1. The minimum Gasteiger partial charge on any atom is -0.497 e. The molecule has 3 nitrogen and oxygen atoms in total. The Balaban J connectivity index is 1.70. The van der Waals surface area contributed by atoms with Crippen molar-refractivity contribution in [2.24, 2.45) is 0 Å². The number of hydrogen-bond donors (Lipinski definition) is 1. The predicted octanol–water partition coefficient (Wildman–Crippen LogP) is 7.60. The van der Waals surface area contributed by atoms with Crippen molar-refractivity contribution < 1.29 is 4.74 Å². The molecule has 4 heteroatoms. The van der Waals surface area contributed by atoms with Crippen LogP contribution in [-0.2, 0) is 0 Å². The van der Waals surface area contributed by atoms with Crippen LogP contribution in [0.2, 0.25) is 5.02 Å². The summed E-state index contributed by atoms with van der Waals surface area (Å²) in [7, 11) is 1.70. The first-order chi connectivity index (χ1) is 13.7. The normalized spacial score (nSPS) is 11.2. The lowest BCUT2D eigenvalue weighted by atomic mass is 10.1. The number of methoxy groups -OCH3 is 1. The number of unbranched alkanes of at least 4 members (excludes halogenated alkanes) is 7. The summed E-state index contributed by atoms with van der Waals surface area (Å²) in [5.41, 5.74) is 3.00. The largest absolute Gasteiger partial charge is 0.497 e. The van der Waals surface area contributed by atoms with Gasteiger partial charge >= 0.3 is 0 Å². The molecule has 0 atom stereocenters. The first-order valence-corrected chi connectivity index (χ1v) is 10.9. The molecule has 3 rings (SSSR count). The lowest BCUT2D eigenvalue weighted by Crippen LogP contribution is -2.04. The van der Waals surface area contributed by atoms with Crippen molar-refractivity contribution >= 4 is 39.1 Å². The van der Waals surface area contributed by atoms with Gasteiger partial charge in [0.2, 0.25) is 0 Å². The summed E-state index contributed by atoms with van der Waals surface area (Å²) in [4.78, 5) is 4.79. The van der Waals surface area contributed by atoms with E-state index in [9.17, 15) is 0 Å². The second-order valence-corrected chi connectivity index (χ2v) is 7.87. The quantitative estimate of drug-likeness (QED) is 0.266. The molecule has 0 aliphatic carbocycles. The van der Waals surface area contributed by atoms with E-state index in [1.165, 1.54) is 51.4 Å². The van der Waals surface area contributed by atoms with Crippen molar-refractivity contribution in [2.45, 2.75) is 58.3 Å². The van der Waals surface area contributed by atoms with Gasteiger partial charge in [0.05, 0.1) is 23.8 Å². The number of anilines is 1. The van der Waals surface area contributed by atoms with Gasteiger partial charge in [-0.2, -0.15) is 0 Å². The molecule has 0 bridgehead atoms. The Labute approximate surface area is 173 Å². The molecule has 0 amide bonds. The SMILES string of the molecule is CCCCCCCCCCNc1c2ccc(Cl)cc2nc2ccc(OC)cc12. The van der Waals surface area contributed by atoms with Crippen LogP contribution in [0.3, 0.4) is 0 Å². The van der Waals surface area contributed by atoms with Crippen molar-refractivity contribution in [1.82, 2.24) is 4.98 Å². The minimum atomic E-state index is 0.710. The Bertz CT molecular complexity index is 910. The Morgan fingerprint density at radius 3 is 2.36 bits per heavy atom. The summed E-state index contributed by atoms with van der Waals surface area (Å²) in [6.45, 7) is 3.23. The molecule has 3 aromatic rings. The molecular weight excluding hydrogens is 368 g/mol. The molecule has 0 aliphatic heterocycles. The fourth-order valence-corrected chi connectivity index (χ4v) is 3.85. The monoisotopic (exact) mass is 398 g/mol. The van der Waals surface area contributed by atoms with E-state index >= 15 is 0 Å². The summed E-state index contributed by atoms with van der Waals surface area (Å²) < 4.78 is 5.43. The standard InChI is InChI=1S/C24H31ClN2O/c1-3-4-5-6-7-8-9-10-15-26-24-20-13-11-18(25)16-23(20)27-22-14-12-19(28-2)17-21(22)24/h11-14,16-17H,3-10,15H2,1-2H3,(H,26,27). The zero-order valence-electron chi connectivity index (χ0n) is 17.1. The van der Waals surface area contributed by atoms with E-state index < -0.39 is 0 Å². The number of halogens is 1. The molecule has 0 spiro atoms. The van der Waals surface area contributed by atoms with Gasteiger partial charge in [-0.3, -0.25) is 0 Å². The van der Waals surface area contributed by atoms with Crippen LogP contribution >= 0.6 is 11.6 Å². The van der Waals surface area contributed by atoms with Gasteiger partial charge in [-0.25, -0.2) is 4.98 Å². The van der Waals surface area contributed by atoms with Crippen LogP contribution in [0.15, 0.2) is 36.4 Å². The lowest BCUT2D eigenvalue weighted by molar-refractivity contribution is 0.415. The molecule has 0 fully saturated rings. The van der Waals surface area contributed by atoms with Gasteiger partial charge < -0.3 is 10.1 Å². The molecule has 1 N–H and O–H groups in total. The average Bonchev–Trinajstić information content (AvgIpc) is 2.71. The third-order valence-corrected chi connectivity index (χ3v) is 5.51. The maximum Gasteiger partial charge on any atom is 0.119 e. The van der Waals surface area contributed by atoms with Gasteiger partial charge in [0, 0.05) is 22.3 Å². The highest BCUT2D eigenvalue weighted by molar-refractivity contribution is 6.31. The second kappa shape index (κ2) is 10.5. The molecule has 1 aromatic heterocycles. The van der Waals surface area contributed by atoms with Crippen molar-refractivity contribution in [1.29, 1.82) is 0 Å². The number of pyridine rings is 1. The van der Waals surface area contributed by atoms with E-state index in [0.29, 0.717) is 5.02 Å². The van der Waals surface area contributed by atoms with Crippen LogP contribution in [0.5, 0.6) is 5.75 Å². The van der Waals surface area contributed by atoms with E-state index in [-0.39, 0.29) is 0 Å². The summed E-state index contributed by atoms with van der Waals surface area (Å²) >= 11 is 6.20. The van der Waals surface area contributed by atoms with E-state index in [1.807, 2.05) is 24.3 Å². The zero-order valence-corrected chi connectivity index (χ0v) is 17.8. The summed E-state index contributed by atoms with van der Waals surface area (Å²) in [6.07, 6.45) is 10.6. The molecule has 0 saturated heterocycles. The van der Waals surface area contributed by atoms with Crippen LogP contribution in [0.1, 0.15) is 58.3 Å². The summed E-state index contributed by atoms with van der Waals surface area (Å²) in [5.74, 6) is 0.845. The highest BCUT2D eigenvalue weighted by Gasteiger charge is 2.10. The minimum absolute atomic E-state index is 0.710. The second-order valence-electron chi connectivity index (χ2n) is 7.43. The Morgan fingerprint density at radius 2 is 1.61 bits per heavy atom. The van der Waals surface area contributed by atoms with Gasteiger partial charge in [-0.15, -0.1) is 0 Å². The van der Waals surface area contributed by atoms with Crippen molar-refractivity contribution in [3.8, 4) is 5.75 Å². The number of nitrogens with zero attached hydrogens (tertiary/aromatic N) is 1. The molecule has 2 aromatic carbocycles. The maximum atomic E-state index is 6.20. The number of ether oxygens (including phenoxy) is 1. The van der Waals surface area contributed by atoms with E-state index in [1.54, 1.807) is 7.11 Å². The predicted molar refractivity (Wildman–Crippen MR) is 122 cm³/mol. The fraction of sp³-hybridized carbons (Fsp3) is 0.458. The Hall–Kier alpha value is -2.00. The number of aromatic nitrogens is 1. The molecule has 28 heavy (non-hydrogen) atoms. The van der Waals surface area contributed by atoms with E-state index in [2.05, 4.69) is 24.4 Å². The first kappa shape index (κ1) is 20.7. The van der Waals surface area contributed by atoms with Crippen LogP contribution in [0.4, 0.5) is 5.69 Å². The Kier molecular flexibility index (Phi) is 7.79. The molecule has 150 valence electrons. The summed E-state index contributed by atoms with van der Waals surface area (Å²) in [6, 6.07) is 11.9. The molecule has 0 unspecified atom stereocenters. The van der Waals surface area contributed by atoms with Crippen LogP contribution in [0.25, 0.3) is 21.8 Å². The van der Waals surface area contributed by atoms with Gasteiger partial charge in [0.25, 0.3) is 0 Å². The van der Waals surface area contributed by atoms with Crippen LogP contribution in [0, 0.1) is 0 Å². The molecule has 1 heterocycles. The first-order valence-electron chi connectivity index (χ1n) is 10.5. The third-order valence-electron chi connectivity index (χ3n) is 5.28. The van der Waals surface area contributed by atoms with Crippen molar-refractivity contribution in [2.75, 3.05) is 19.0 Å². The fourth-order valence-electron chi connectivity index (χ4n) is 3.69. The van der Waals surface area contributed by atoms with Crippen molar-refractivity contribution in [3.63, 3.8) is 0 Å². The number of rotatable bonds is 11. The van der Waals surface area contributed by atoms with E-state index in [4.69, 9.17) is 21.3 Å². The smallest absolute Gasteiger partial charge is 0.119 e. The zero-order chi connectivity index (χ0) is 19.8. The molecular formula is C24H31ClN2O. The maximum absolute atomic E-state index is 6.20. The average molecular weight is 399 g/mol. The van der Waals surface area contributed by atoms with Gasteiger partial charge in [-0.05, 0) is 42.8 Å². The number of hydrogen-bond acceptors (Lipinski definition) is 3. The number of benzene rings is 2. The van der Waals surface area contributed by atoms with Gasteiger partial charge in [0.15, 0.2) is 0 Å². The number of fused-ring (bicyclic) bond motifs is 2. The lowest BCUT2D eigenvalue weighted by Gasteiger charge is -2.14. The van der Waals surface area contributed by atoms with Gasteiger partial charge in [0.1, 0.15) is 5.75 Å². The summed E-state index contributed by atoms with van der Waals surface area (Å²) in [5, 5.41) is 6.58. The molecule has 0 radical (unpaired) electrons. The van der Waals surface area contributed by atoms with E-state index in [0.717, 1.165) is 39.8 Å². The Morgan fingerprint density at radius 1 is 0.857 bits per heavy atom.